The third-order valence-electron chi connectivity index (χ3n) is 2.33. The molecule has 3 atom stereocenters. The van der Waals surface area contributed by atoms with Gasteiger partial charge in [0.25, 0.3) is 0 Å². The van der Waals surface area contributed by atoms with E-state index in [1.54, 1.807) is 0 Å². The quantitative estimate of drug-likeness (QED) is 0.581. The molecular weight excluding hydrogens is 216 g/mol. The predicted molar refractivity (Wildman–Crippen MR) is 65.9 cm³/mol. The molecule has 1 heterocycles. The van der Waals surface area contributed by atoms with Crippen LogP contribution in [0.3, 0.4) is 0 Å². The minimum atomic E-state index is -0.812. The second-order valence-corrected chi connectivity index (χ2v) is 4.33. The van der Waals surface area contributed by atoms with Crippen molar-refractivity contribution in [2.45, 2.75) is 51.3 Å². The van der Waals surface area contributed by atoms with Crippen molar-refractivity contribution in [3.05, 3.63) is 12.7 Å². The summed E-state index contributed by atoms with van der Waals surface area (Å²) in [6.07, 6.45) is 1.12. The first-order valence-electron chi connectivity index (χ1n) is 5.59. The van der Waals surface area contributed by atoms with Crippen LogP contribution >= 0.6 is 0 Å². The van der Waals surface area contributed by atoms with Gasteiger partial charge in [0.05, 0.1) is 12.2 Å². The van der Waals surface area contributed by atoms with Crippen LogP contribution < -0.4 is 0 Å². The molecule has 3 nitrogen and oxygen atoms in total. The van der Waals surface area contributed by atoms with Crippen molar-refractivity contribution in [3.63, 3.8) is 0 Å². The summed E-state index contributed by atoms with van der Waals surface area (Å²) >= 11 is 0. The van der Waals surface area contributed by atoms with Gasteiger partial charge >= 0.3 is 0 Å². The van der Waals surface area contributed by atoms with Gasteiger partial charge in [-0.05, 0) is 32.6 Å². The van der Waals surface area contributed by atoms with Crippen LogP contribution in [0.25, 0.3) is 0 Å². The largest absolute Gasteiger partial charge is 0.377 e. The molecule has 0 aromatic heterocycles. The van der Waals surface area contributed by atoms with Crippen LogP contribution in [0.15, 0.2) is 12.7 Å². The molecule has 3 heteroatoms. The van der Waals surface area contributed by atoms with Crippen LogP contribution in [0.1, 0.15) is 27.2 Å². The second-order valence-electron chi connectivity index (χ2n) is 4.33. The van der Waals surface area contributed by atoms with E-state index in [4.69, 9.17) is 14.6 Å². The van der Waals surface area contributed by atoms with E-state index < -0.39 is 11.9 Å². The van der Waals surface area contributed by atoms with Gasteiger partial charge in [-0.3, -0.25) is 0 Å². The zero-order chi connectivity index (χ0) is 12.9. The SMILES string of the molecule is C=C[C@H](O)C#CC#CC[C@H]1OC(C)(C)O[C@@H]1C. The van der Waals surface area contributed by atoms with Crippen LogP contribution in [-0.4, -0.2) is 29.2 Å². The standard InChI is InChI=1S/C14H18O3/c1-5-12(15)9-7-6-8-10-13-11(2)16-14(3,4)17-13/h5,11-13,15H,1,10H2,2-4H3/t11-,12+,13-/m1/s1. The molecule has 1 saturated heterocycles. The van der Waals surface area contributed by atoms with Gasteiger partial charge in [0.1, 0.15) is 6.10 Å². The Kier molecular flexibility index (Phi) is 4.78. The summed E-state index contributed by atoms with van der Waals surface area (Å²) in [7, 11) is 0. The summed E-state index contributed by atoms with van der Waals surface area (Å²) in [6, 6.07) is 0. The zero-order valence-electron chi connectivity index (χ0n) is 10.5. The maximum absolute atomic E-state index is 9.08. The lowest BCUT2D eigenvalue weighted by molar-refractivity contribution is -0.144. The maximum Gasteiger partial charge on any atom is 0.163 e. The minimum absolute atomic E-state index is 0.0244. The molecule has 0 aromatic carbocycles. The van der Waals surface area contributed by atoms with Gasteiger partial charge in [0.15, 0.2) is 5.79 Å². The lowest BCUT2D eigenvalue weighted by Crippen LogP contribution is -2.21. The fourth-order valence-electron chi connectivity index (χ4n) is 1.58. The summed E-state index contributed by atoms with van der Waals surface area (Å²) in [5.41, 5.74) is 0. The van der Waals surface area contributed by atoms with Gasteiger partial charge in [-0.2, -0.15) is 0 Å². The van der Waals surface area contributed by atoms with Gasteiger partial charge in [-0.15, -0.1) is 0 Å². The molecule has 0 aliphatic carbocycles. The molecule has 0 radical (unpaired) electrons. The first-order chi connectivity index (χ1) is 7.94. The van der Waals surface area contributed by atoms with Crippen molar-refractivity contribution in [1.82, 2.24) is 0 Å². The molecule has 0 amide bonds. The van der Waals surface area contributed by atoms with Crippen molar-refractivity contribution >= 4 is 0 Å². The van der Waals surface area contributed by atoms with Crippen LogP contribution in [0.5, 0.6) is 0 Å². The van der Waals surface area contributed by atoms with Crippen LogP contribution in [-0.2, 0) is 9.47 Å². The predicted octanol–water partition coefficient (Wildman–Crippen LogP) is 1.47. The van der Waals surface area contributed by atoms with Gasteiger partial charge in [-0.1, -0.05) is 24.5 Å². The third kappa shape index (κ3) is 4.63. The molecular formula is C14H18O3. The molecule has 0 saturated carbocycles. The van der Waals surface area contributed by atoms with Crippen molar-refractivity contribution < 1.29 is 14.6 Å². The summed E-state index contributed by atoms with van der Waals surface area (Å²) in [5, 5.41) is 9.08. The molecule has 1 N–H and O–H groups in total. The number of aliphatic hydroxyl groups is 1. The summed E-state index contributed by atoms with van der Waals surface area (Å²) in [4.78, 5) is 0. The second kappa shape index (κ2) is 5.89. The summed E-state index contributed by atoms with van der Waals surface area (Å²) in [6.45, 7) is 9.15. The number of ether oxygens (including phenoxy) is 2. The highest BCUT2D eigenvalue weighted by Crippen LogP contribution is 2.29. The van der Waals surface area contributed by atoms with E-state index in [1.165, 1.54) is 6.08 Å². The van der Waals surface area contributed by atoms with Crippen molar-refractivity contribution in [1.29, 1.82) is 0 Å². The Morgan fingerprint density at radius 3 is 2.65 bits per heavy atom. The molecule has 1 aliphatic heterocycles. The van der Waals surface area contributed by atoms with Crippen LogP contribution in [0.4, 0.5) is 0 Å². The fraction of sp³-hybridized carbons (Fsp3) is 0.571. The van der Waals surface area contributed by atoms with Crippen molar-refractivity contribution in [2.75, 3.05) is 0 Å². The number of hydrogen-bond acceptors (Lipinski definition) is 3. The molecule has 1 fully saturated rings. The Bertz CT molecular complexity index is 389. The van der Waals surface area contributed by atoms with Crippen molar-refractivity contribution in [3.8, 4) is 23.7 Å². The van der Waals surface area contributed by atoms with E-state index in [9.17, 15) is 0 Å². The van der Waals surface area contributed by atoms with Gasteiger partial charge in [0, 0.05) is 6.42 Å². The molecule has 0 unspecified atom stereocenters. The Hall–Kier alpha value is -1.26. The smallest absolute Gasteiger partial charge is 0.163 e. The molecule has 0 aromatic rings. The number of rotatable bonds is 2. The molecule has 0 bridgehead atoms. The minimum Gasteiger partial charge on any atom is -0.377 e. The topological polar surface area (TPSA) is 38.7 Å². The van der Waals surface area contributed by atoms with Crippen LogP contribution in [0, 0.1) is 23.7 Å². The van der Waals surface area contributed by atoms with Gasteiger partial charge in [-0.25, -0.2) is 0 Å². The Morgan fingerprint density at radius 2 is 2.12 bits per heavy atom. The fourth-order valence-corrected chi connectivity index (χ4v) is 1.58. The number of aliphatic hydroxyl groups excluding tert-OH is 1. The Balaban J connectivity index is 2.44. The number of hydrogen-bond donors (Lipinski definition) is 1. The lowest BCUT2D eigenvalue weighted by Gasteiger charge is -2.16. The zero-order valence-corrected chi connectivity index (χ0v) is 10.5. The average Bonchev–Trinajstić information content (AvgIpc) is 2.51. The van der Waals surface area contributed by atoms with E-state index in [0.717, 1.165) is 0 Å². The highest BCUT2D eigenvalue weighted by molar-refractivity contribution is 5.28. The van der Waals surface area contributed by atoms with Crippen LogP contribution in [0.2, 0.25) is 0 Å². The lowest BCUT2D eigenvalue weighted by atomic mass is 10.2. The first-order valence-corrected chi connectivity index (χ1v) is 5.59. The highest BCUT2D eigenvalue weighted by atomic mass is 16.7. The molecule has 1 rings (SSSR count). The first kappa shape index (κ1) is 13.8. The molecule has 92 valence electrons. The van der Waals surface area contributed by atoms with E-state index in [-0.39, 0.29) is 12.2 Å². The average molecular weight is 234 g/mol. The van der Waals surface area contributed by atoms with Crippen molar-refractivity contribution in [2.24, 2.45) is 0 Å². The Labute approximate surface area is 103 Å². The Morgan fingerprint density at radius 1 is 1.41 bits per heavy atom. The summed E-state index contributed by atoms with van der Waals surface area (Å²) in [5.74, 6) is 10.1. The van der Waals surface area contributed by atoms with E-state index in [0.29, 0.717) is 6.42 Å². The normalized spacial score (nSPS) is 27.3. The van der Waals surface area contributed by atoms with E-state index in [1.807, 2.05) is 20.8 Å². The van der Waals surface area contributed by atoms with E-state index in [2.05, 4.69) is 30.3 Å². The molecule has 1 aliphatic rings. The van der Waals surface area contributed by atoms with E-state index >= 15 is 0 Å². The summed E-state index contributed by atoms with van der Waals surface area (Å²) < 4.78 is 11.3. The molecule has 0 spiro atoms. The highest BCUT2D eigenvalue weighted by Gasteiger charge is 2.37. The third-order valence-corrected chi connectivity index (χ3v) is 2.33. The molecule has 17 heavy (non-hydrogen) atoms. The van der Waals surface area contributed by atoms with Gasteiger partial charge < -0.3 is 14.6 Å². The maximum atomic E-state index is 9.08. The van der Waals surface area contributed by atoms with Gasteiger partial charge in [0.2, 0.25) is 0 Å². The monoisotopic (exact) mass is 234 g/mol.